The Morgan fingerprint density at radius 2 is 1.43 bits per heavy atom. The number of esters is 3. The first kappa shape index (κ1) is 22.6. The summed E-state index contributed by atoms with van der Waals surface area (Å²) in [6.45, 7) is -0.232. The topological polar surface area (TPSA) is 117 Å². The maximum atomic E-state index is 12.2. The van der Waals surface area contributed by atoms with Crippen molar-refractivity contribution < 1.29 is 38.1 Å². The van der Waals surface area contributed by atoms with E-state index in [9.17, 15) is 19.2 Å². The fourth-order valence-corrected chi connectivity index (χ4v) is 2.54. The third kappa shape index (κ3) is 6.14. The van der Waals surface area contributed by atoms with Crippen LogP contribution in [0.4, 0.5) is 5.69 Å². The Morgan fingerprint density at radius 1 is 0.800 bits per heavy atom. The van der Waals surface area contributed by atoms with Crippen molar-refractivity contribution in [3.8, 4) is 0 Å². The summed E-state index contributed by atoms with van der Waals surface area (Å²) >= 11 is 0. The zero-order valence-corrected chi connectivity index (χ0v) is 16.7. The Labute approximate surface area is 172 Å². The van der Waals surface area contributed by atoms with Crippen molar-refractivity contribution in [1.29, 1.82) is 0 Å². The molecule has 0 bridgehead atoms. The number of methoxy groups -OCH3 is 3. The molecule has 2 aromatic carbocycles. The SMILES string of the molecule is COCc1cccc(C(=O)OCC(=O)Nc2cc(C(=O)OC)cc(C(=O)OC)c2)c1. The van der Waals surface area contributed by atoms with Gasteiger partial charge in [0.1, 0.15) is 0 Å². The van der Waals surface area contributed by atoms with E-state index in [1.807, 2.05) is 0 Å². The predicted octanol–water partition coefficient (Wildman–Crippen LogP) is 2.20. The van der Waals surface area contributed by atoms with Crippen LogP contribution in [0.15, 0.2) is 42.5 Å². The fraction of sp³-hybridized carbons (Fsp3) is 0.238. The molecule has 30 heavy (non-hydrogen) atoms. The lowest BCUT2D eigenvalue weighted by Crippen LogP contribution is -2.21. The van der Waals surface area contributed by atoms with Crippen LogP contribution >= 0.6 is 0 Å². The number of carbonyl (C=O) groups excluding carboxylic acids is 4. The standard InChI is InChI=1S/C21H21NO8/c1-27-11-13-5-4-6-14(7-13)21(26)30-12-18(23)22-17-9-15(19(24)28-2)8-16(10-17)20(25)29-3/h4-10H,11-12H2,1-3H3,(H,22,23). The van der Waals surface area contributed by atoms with E-state index in [1.165, 1.54) is 39.5 Å². The number of nitrogens with one attached hydrogen (secondary N) is 1. The molecule has 0 aliphatic rings. The Kier molecular flexibility index (Phi) is 8.07. The highest BCUT2D eigenvalue weighted by atomic mass is 16.5. The van der Waals surface area contributed by atoms with Gasteiger partial charge in [0.05, 0.1) is 37.5 Å². The highest BCUT2D eigenvalue weighted by Gasteiger charge is 2.16. The van der Waals surface area contributed by atoms with Crippen LogP contribution in [0.5, 0.6) is 0 Å². The van der Waals surface area contributed by atoms with Gasteiger partial charge in [-0.05, 0) is 35.9 Å². The molecule has 1 amide bonds. The number of ether oxygens (including phenoxy) is 4. The summed E-state index contributed by atoms with van der Waals surface area (Å²) in [5.74, 6) is -2.73. The van der Waals surface area contributed by atoms with E-state index in [0.29, 0.717) is 6.61 Å². The lowest BCUT2D eigenvalue weighted by Gasteiger charge is -2.10. The van der Waals surface area contributed by atoms with E-state index in [2.05, 4.69) is 14.8 Å². The second-order valence-electron chi connectivity index (χ2n) is 6.04. The van der Waals surface area contributed by atoms with Crippen LogP contribution < -0.4 is 5.32 Å². The van der Waals surface area contributed by atoms with Crippen LogP contribution in [0.1, 0.15) is 36.6 Å². The molecule has 0 heterocycles. The second-order valence-corrected chi connectivity index (χ2v) is 6.04. The Balaban J connectivity index is 2.06. The third-order valence-electron chi connectivity index (χ3n) is 3.87. The summed E-state index contributed by atoms with van der Waals surface area (Å²) < 4.78 is 19.3. The summed E-state index contributed by atoms with van der Waals surface area (Å²) in [6.07, 6.45) is 0. The molecule has 0 aliphatic heterocycles. The average molecular weight is 415 g/mol. The first-order valence-corrected chi connectivity index (χ1v) is 8.74. The van der Waals surface area contributed by atoms with Gasteiger partial charge in [-0.1, -0.05) is 12.1 Å². The predicted molar refractivity (Wildman–Crippen MR) is 105 cm³/mol. The van der Waals surface area contributed by atoms with Gasteiger partial charge in [0.25, 0.3) is 5.91 Å². The maximum Gasteiger partial charge on any atom is 0.338 e. The van der Waals surface area contributed by atoms with E-state index >= 15 is 0 Å². The fourth-order valence-electron chi connectivity index (χ4n) is 2.54. The Hall–Kier alpha value is -3.72. The summed E-state index contributed by atoms with van der Waals surface area (Å²) in [5, 5.41) is 2.47. The molecule has 9 nitrogen and oxygen atoms in total. The second kappa shape index (κ2) is 10.7. The number of rotatable bonds is 8. The number of carbonyl (C=O) groups is 4. The lowest BCUT2D eigenvalue weighted by molar-refractivity contribution is -0.119. The molecule has 0 saturated heterocycles. The highest BCUT2D eigenvalue weighted by molar-refractivity contribution is 6.00. The number of hydrogen-bond acceptors (Lipinski definition) is 8. The molecule has 0 aliphatic carbocycles. The molecule has 9 heteroatoms. The Bertz CT molecular complexity index is 920. The van der Waals surface area contributed by atoms with E-state index < -0.39 is 30.4 Å². The van der Waals surface area contributed by atoms with Crippen LogP contribution in [0, 0.1) is 0 Å². The molecule has 0 radical (unpaired) electrons. The number of hydrogen-bond donors (Lipinski definition) is 1. The smallest absolute Gasteiger partial charge is 0.338 e. The van der Waals surface area contributed by atoms with Crippen molar-refractivity contribution in [1.82, 2.24) is 0 Å². The summed E-state index contributed by atoms with van der Waals surface area (Å²) in [5.41, 5.74) is 1.29. The van der Waals surface area contributed by atoms with Crippen molar-refractivity contribution in [3.63, 3.8) is 0 Å². The molecule has 2 aromatic rings. The van der Waals surface area contributed by atoms with E-state index in [0.717, 1.165) is 5.56 Å². The van der Waals surface area contributed by atoms with Crippen LogP contribution in [0.25, 0.3) is 0 Å². The van der Waals surface area contributed by atoms with Gasteiger partial charge >= 0.3 is 17.9 Å². The molecular formula is C21H21NO8. The normalized spacial score (nSPS) is 10.1. The molecule has 0 fully saturated rings. The number of amides is 1. The number of anilines is 1. The lowest BCUT2D eigenvalue weighted by atomic mass is 10.1. The first-order valence-electron chi connectivity index (χ1n) is 8.74. The van der Waals surface area contributed by atoms with E-state index in [-0.39, 0.29) is 22.4 Å². The van der Waals surface area contributed by atoms with Crippen LogP contribution in [-0.4, -0.2) is 51.8 Å². The van der Waals surface area contributed by atoms with Crippen molar-refractivity contribution in [3.05, 3.63) is 64.7 Å². The molecule has 1 N–H and O–H groups in total. The molecule has 158 valence electrons. The van der Waals surface area contributed by atoms with Crippen molar-refractivity contribution in [2.45, 2.75) is 6.61 Å². The van der Waals surface area contributed by atoms with Gasteiger partial charge in [0.15, 0.2) is 6.61 Å². The monoisotopic (exact) mass is 415 g/mol. The van der Waals surface area contributed by atoms with Crippen molar-refractivity contribution in [2.75, 3.05) is 33.3 Å². The zero-order chi connectivity index (χ0) is 22.1. The molecule has 0 atom stereocenters. The average Bonchev–Trinajstić information content (AvgIpc) is 2.76. The number of benzene rings is 2. The Morgan fingerprint density at radius 3 is 2.00 bits per heavy atom. The van der Waals surface area contributed by atoms with Gasteiger partial charge in [-0.25, -0.2) is 14.4 Å². The summed E-state index contributed by atoms with van der Waals surface area (Å²) in [7, 11) is 3.91. The molecule has 0 saturated carbocycles. The van der Waals surface area contributed by atoms with Crippen molar-refractivity contribution in [2.24, 2.45) is 0 Å². The van der Waals surface area contributed by atoms with Gasteiger partial charge in [-0.15, -0.1) is 0 Å². The minimum Gasteiger partial charge on any atom is -0.465 e. The van der Waals surface area contributed by atoms with Gasteiger partial charge in [0, 0.05) is 12.8 Å². The molecule has 2 rings (SSSR count). The summed E-state index contributed by atoms with van der Waals surface area (Å²) in [6, 6.07) is 10.6. The van der Waals surface area contributed by atoms with Crippen molar-refractivity contribution >= 4 is 29.5 Å². The molecular weight excluding hydrogens is 394 g/mol. The zero-order valence-electron chi connectivity index (χ0n) is 16.7. The molecule has 0 spiro atoms. The highest BCUT2D eigenvalue weighted by Crippen LogP contribution is 2.17. The van der Waals surface area contributed by atoms with Gasteiger partial charge in [0.2, 0.25) is 0 Å². The summed E-state index contributed by atoms with van der Waals surface area (Å²) in [4.78, 5) is 47.9. The van der Waals surface area contributed by atoms with Gasteiger partial charge in [-0.2, -0.15) is 0 Å². The van der Waals surface area contributed by atoms with E-state index in [1.54, 1.807) is 24.3 Å². The van der Waals surface area contributed by atoms with Crippen LogP contribution in [0.3, 0.4) is 0 Å². The van der Waals surface area contributed by atoms with Crippen LogP contribution in [-0.2, 0) is 30.3 Å². The minimum absolute atomic E-state index is 0.0441. The van der Waals surface area contributed by atoms with E-state index in [4.69, 9.17) is 9.47 Å². The maximum absolute atomic E-state index is 12.2. The third-order valence-corrected chi connectivity index (χ3v) is 3.87. The molecule has 0 aromatic heterocycles. The first-order chi connectivity index (χ1) is 14.4. The van der Waals surface area contributed by atoms with Crippen LogP contribution in [0.2, 0.25) is 0 Å². The quantitative estimate of drug-likeness (QED) is 0.515. The minimum atomic E-state index is -0.696. The molecule has 0 unspecified atom stereocenters. The van der Waals surface area contributed by atoms with Gasteiger partial charge in [-0.3, -0.25) is 4.79 Å². The van der Waals surface area contributed by atoms with Gasteiger partial charge < -0.3 is 24.3 Å². The largest absolute Gasteiger partial charge is 0.465 e.